The molecule has 1 aliphatic rings. The highest BCUT2D eigenvalue weighted by Gasteiger charge is 2.31. The highest BCUT2D eigenvalue weighted by molar-refractivity contribution is 6.19. The maximum absolute atomic E-state index is 8.67. The standard InChI is InChI=1S/C21H24N8/c1-13-11-28(17-10-26-27(3)12-17)19-8-15(16-5-7-20(23)25-9-16)4-6-18(19)29(14(2)22)21(13)24/h4-10,12-13,22,24H,11H2,1-3H3,(H2,23,25)/t13-/m1/s1. The lowest BCUT2D eigenvalue weighted by Gasteiger charge is -2.26. The van der Waals surface area contributed by atoms with E-state index < -0.39 is 0 Å². The summed E-state index contributed by atoms with van der Waals surface area (Å²) >= 11 is 0. The Morgan fingerprint density at radius 3 is 2.52 bits per heavy atom. The molecule has 0 spiro atoms. The van der Waals surface area contributed by atoms with Gasteiger partial charge in [-0.25, -0.2) is 4.98 Å². The Hall–Kier alpha value is -3.68. The summed E-state index contributed by atoms with van der Waals surface area (Å²) in [5, 5.41) is 21.3. The molecule has 0 radical (unpaired) electrons. The predicted molar refractivity (Wildman–Crippen MR) is 117 cm³/mol. The van der Waals surface area contributed by atoms with Crippen molar-refractivity contribution in [1.82, 2.24) is 14.8 Å². The maximum Gasteiger partial charge on any atom is 0.123 e. The highest BCUT2D eigenvalue weighted by atomic mass is 15.3. The molecule has 4 rings (SSSR count). The van der Waals surface area contributed by atoms with E-state index in [-0.39, 0.29) is 5.92 Å². The van der Waals surface area contributed by atoms with Crippen molar-refractivity contribution in [2.24, 2.45) is 13.0 Å². The van der Waals surface area contributed by atoms with Crippen LogP contribution in [-0.4, -0.2) is 33.0 Å². The van der Waals surface area contributed by atoms with Crippen LogP contribution in [-0.2, 0) is 7.05 Å². The second-order valence-corrected chi connectivity index (χ2v) is 7.37. The quantitative estimate of drug-likeness (QED) is 0.458. The second kappa shape index (κ2) is 7.05. The molecule has 29 heavy (non-hydrogen) atoms. The van der Waals surface area contributed by atoms with Gasteiger partial charge in [-0.3, -0.25) is 20.4 Å². The number of aryl methyl sites for hydroxylation is 1. The van der Waals surface area contributed by atoms with Gasteiger partial charge in [-0.05, 0) is 36.8 Å². The van der Waals surface area contributed by atoms with Crippen LogP contribution in [0.5, 0.6) is 0 Å². The molecular formula is C21H24N8. The van der Waals surface area contributed by atoms with E-state index in [2.05, 4.69) is 21.0 Å². The Bertz CT molecular complexity index is 1080. The Kier molecular flexibility index (Phi) is 4.54. The van der Waals surface area contributed by atoms with Crippen molar-refractivity contribution >= 4 is 34.6 Å². The number of aromatic nitrogens is 3. The lowest BCUT2D eigenvalue weighted by Crippen LogP contribution is -2.38. The van der Waals surface area contributed by atoms with Crippen molar-refractivity contribution in [2.75, 3.05) is 22.1 Å². The summed E-state index contributed by atoms with van der Waals surface area (Å²) in [5.74, 6) is 1.14. The molecule has 3 aromatic rings. The zero-order valence-electron chi connectivity index (χ0n) is 16.7. The van der Waals surface area contributed by atoms with Gasteiger partial charge >= 0.3 is 0 Å². The molecule has 2 aromatic heterocycles. The summed E-state index contributed by atoms with van der Waals surface area (Å²) in [6.45, 7) is 4.34. The number of nitrogens with one attached hydrogen (secondary N) is 2. The Morgan fingerprint density at radius 1 is 1.14 bits per heavy atom. The molecule has 0 amide bonds. The molecule has 1 aliphatic heterocycles. The molecule has 1 aromatic carbocycles. The fourth-order valence-corrected chi connectivity index (χ4v) is 3.65. The summed E-state index contributed by atoms with van der Waals surface area (Å²) in [7, 11) is 1.89. The smallest absolute Gasteiger partial charge is 0.123 e. The van der Waals surface area contributed by atoms with Crippen LogP contribution in [0.25, 0.3) is 11.1 Å². The van der Waals surface area contributed by atoms with Crippen LogP contribution in [0.3, 0.4) is 0 Å². The normalized spacial score (nSPS) is 16.5. The largest absolute Gasteiger partial charge is 0.384 e. The van der Waals surface area contributed by atoms with Crippen LogP contribution in [0.15, 0.2) is 48.9 Å². The lowest BCUT2D eigenvalue weighted by molar-refractivity contribution is 0.753. The minimum Gasteiger partial charge on any atom is -0.384 e. The number of nitrogens with zero attached hydrogens (tertiary/aromatic N) is 5. The maximum atomic E-state index is 8.67. The van der Waals surface area contributed by atoms with Gasteiger partial charge in [0.2, 0.25) is 0 Å². The van der Waals surface area contributed by atoms with Gasteiger partial charge < -0.3 is 10.6 Å². The first-order valence-electron chi connectivity index (χ1n) is 9.41. The van der Waals surface area contributed by atoms with Crippen molar-refractivity contribution in [3.8, 4) is 11.1 Å². The van der Waals surface area contributed by atoms with E-state index in [1.807, 2.05) is 44.6 Å². The number of nitrogens with two attached hydrogens (primary N) is 1. The molecule has 1 atom stereocenters. The molecule has 0 saturated heterocycles. The molecular weight excluding hydrogens is 364 g/mol. The minimum absolute atomic E-state index is 0.0652. The first-order valence-corrected chi connectivity index (χ1v) is 9.41. The number of hydrogen-bond donors (Lipinski definition) is 3. The van der Waals surface area contributed by atoms with E-state index in [9.17, 15) is 0 Å². The molecule has 8 heteroatoms. The third-order valence-electron chi connectivity index (χ3n) is 5.13. The number of amidine groups is 2. The van der Waals surface area contributed by atoms with Crippen molar-refractivity contribution in [3.63, 3.8) is 0 Å². The average molecular weight is 388 g/mol. The summed E-state index contributed by atoms with van der Waals surface area (Å²) in [6, 6.07) is 9.77. The fraction of sp³-hybridized carbons (Fsp3) is 0.238. The summed E-state index contributed by atoms with van der Waals surface area (Å²) < 4.78 is 1.77. The van der Waals surface area contributed by atoms with E-state index in [1.165, 1.54) is 0 Å². The van der Waals surface area contributed by atoms with Gasteiger partial charge in [-0.15, -0.1) is 0 Å². The number of anilines is 4. The van der Waals surface area contributed by atoms with E-state index in [1.54, 1.807) is 28.8 Å². The van der Waals surface area contributed by atoms with Crippen LogP contribution >= 0.6 is 0 Å². The Labute approximate surface area is 169 Å². The molecule has 0 unspecified atom stereocenters. The number of fused-ring (bicyclic) bond motifs is 1. The van der Waals surface area contributed by atoms with Gasteiger partial charge in [0.15, 0.2) is 0 Å². The van der Waals surface area contributed by atoms with Crippen molar-refractivity contribution in [3.05, 3.63) is 48.9 Å². The van der Waals surface area contributed by atoms with E-state index in [0.717, 1.165) is 28.2 Å². The minimum atomic E-state index is -0.0652. The van der Waals surface area contributed by atoms with Crippen molar-refractivity contribution in [1.29, 1.82) is 10.8 Å². The second-order valence-electron chi connectivity index (χ2n) is 7.37. The Balaban J connectivity index is 1.92. The van der Waals surface area contributed by atoms with Gasteiger partial charge in [-0.2, -0.15) is 5.10 Å². The monoisotopic (exact) mass is 388 g/mol. The van der Waals surface area contributed by atoms with Gasteiger partial charge in [0, 0.05) is 37.5 Å². The summed E-state index contributed by atoms with van der Waals surface area (Å²) in [6.07, 6.45) is 5.54. The molecule has 148 valence electrons. The molecule has 0 fully saturated rings. The SMILES string of the molecule is CC(=N)N1C(=N)[C@H](C)CN(c2cnn(C)c2)c2cc(-c3ccc(N)nc3)ccc21. The molecule has 0 aliphatic carbocycles. The summed E-state index contributed by atoms with van der Waals surface area (Å²) in [5.41, 5.74) is 10.4. The molecule has 8 nitrogen and oxygen atoms in total. The third kappa shape index (κ3) is 3.33. The topological polar surface area (TPSA) is 111 Å². The first kappa shape index (κ1) is 18.7. The molecule has 4 N–H and O–H groups in total. The van der Waals surface area contributed by atoms with Crippen LogP contribution in [0.2, 0.25) is 0 Å². The zero-order valence-corrected chi connectivity index (χ0v) is 16.7. The van der Waals surface area contributed by atoms with Crippen LogP contribution < -0.4 is 15.5 Å². The fourth-order valence-electron chi connectivity index (χ4n) is 3.65. The lowest BCUT2D eigenvalue weighted by atomic mass is 10.0. The van der Waals surface area contributed by atoms with Crippen molar-refractivity contribution < 1.29 is 0 Å². The third-order valence-corrected chi connectivity index (χ3v) is 5.13. The van der Waals surface area contributed by atoms with Crippen LogP contribution in [0.4, 0.5) is 22.9 Å². The predicted octanol–water partition coefficient (Wildman–Crippen LogP) is 3.63. The van der Waals surface area contributed by atoms with Gasteiger partial charge in [-0.1, -0.05) is 13.0 Å². The highest BCUT2D eigenvalue weighted by Crippen LogP contribution is 2.41. The number of benzene rings is 1. The molecule has 0 bridgehead atoms. The molecule has 3 heterocycles. The van der Waals surface area contributed by atoms with Gasteiger partial charge in [0.05, 0.1) is 23.3 Å². The van der Waals surface area contributed by atoms with Crippen LogP contribution in [0, 0.1) is 16.7 Å². The number of rotatable bonds is 2. The van der Waals surface area contributed by atoms with Gasteiger partial charge in [0.25, 0.3) is 0 Å². The number of nitrogen functional groups attached to an aromatic ring is 1. The van der Waals surface area contributed by atoms with E-state index >= 15 is 0 Å². The number of hydrogen-bond acceptors (Lipinski definition) is 6. The number of pyridine rings is 1. The molecule has 0 saturated carbocycles. The summed E-state index contributed by atoms with van der Waals surface area (Å²) in [4.78, 5) is 8.08. The Morgan fingerprint density at radius 2 is 1.90 bits per heavy atom. The first-order chi connectivity index (χ1) is 13.8. The van der Waals surface area contributed by atoms with Crippen LogP contribution in [0.1, 0.15) is 13.8 Å². The van der Waals surface area contributed by atoms with E-state index in [4.69, 9.17) is 16.6 Å². The van der Waals surface area contributed by atoms with E-state index in [0.29, 0.717) is 24.0 Å². The van der Waals surface area contributed by atoms with Gasteiger partial charge in [0.1, 0.15) is 17.5 Å². The van der Waals surface area contributed by atoms with Crippen molar-refractivity contribution in [2.45, 2.75) is 13.8 Å². The average Bonchev–Trinajstić information content (AvgIpc) is 3.08. The zero-order chi connectivity index (χ0) is 20.7.